The fraction of sp³-hybridized carbons (Fsp3) is 0.333. The van der Waals surface area contributed by atoms with Crippen LogP contribution >= 0.6 is 0 Å². The summed E-state index contributed by atoms with van der Waals surface area (Å²) >= 11 is 0. The van der Waals surface area contributed by atoms with Crippen molar-refractivity contribution in [2.75, 3.05) is 18.5 Å². The zero-order valence-electron chi connectivity index (χ0n) is 18.8. The summed E-state index contributed by atoms with van der Waals surface area (Å²) in [7, 11) is 0. The summed E-state index contributed by atoms with van der Waals surface area (Å²) in [4.78, 5) is 9.39. The lowest BCUT2D eigenvalue weighted by Gasteiger charge is -2.24. The molecular weight excluding hydrogens is 396 g/mol. The van der Waals surface area contributed by atoms with Crippen LogP contribution in [0.25, 0.3) is 16.7 Å². The molecule has 0 spiro atoms. The second-order valence-electron chi connectivity index (χ2n) is 8.80. The van der Waals surface area contributed by atoms with Crippen LogP contribution in [-0.4, -0.2) is 33.8 Å². The molecule has 32 heavy (non-hydrogen) atoms. The third-order valence-corrected chi connectivity index (χ3v) is 6.31. The van der Waals surface area contributed by atoms with Gasteiger partial charge in [0.1, 0.15) is 17.8 Å². The Morgan fingerprint density at radius 2 is 1.78 bits per heavy atom. The third kappa shape index (κ3) is 4.39. The van der Waals surface area contributed by atoms with Crippen molar-refractivity contribution in [1.82, 2.24) is 14.5 Å². The zero-order valence-corrected chi connectivity index (χ0v) is 18.8. The number of ether oxygens (including phenoxy) is 1. The largest absolute Gasteiger partial charge is 0.381 e. The number of aromatic nitrogens is 3. The van der Waals surface area contributed by atoms with Gasteiger partial charge in [-0.2, -0.15) is 0 Å². The first-order valence-corrected chi connectivity index (χ1v) is 11.5. The molecule has 0 atom stereocenters. The highest BCUT2D eigenvalue weighted by Gasteiger charge is 2.20. The predicted octanol–water partition coefficient (Wildman–Crippen LogP) is 5.41. The van der Waals surface area contributed by atoms with E-state index in [2.05, 4.69) is 83.4 Å². The molecule has 3 heterocycles. The minimum atomic E-state index is 0.383. The predicted molar refractivity (Wildman–Crippen MR) is 130 cm³/mol. The topological polar surface area (TPSA) is 52.0 Å². The Morgan fingerprint density at radius 1 is 0.969 bits per heavy atom. The van der Waals surface area contributed by atoms with Gasteiger partial charge in [0.15, 0.2) is 0 Å². The van der Waals surface area contributed by atoms with Gasteiger partial charge in [0.05, 0.1) is 5.39 Å². The Bertz CT molecular complexity index is 1210. The molecule has 2 aromatic carbocycles. The van der Waals surface area contributed by atoms with E-state index in [9.17, 15) is 0 Å². The lowest BCUT2D eigenvalue weighted by atomic mass is 10.0. The van der Waals surface area contributed by atoms with Crippen molar-refractivity contribution in [3.05, 3.63) is 83.3 Å². The maximum Gasteiger partial charge on any atom is 0.150 e. The van der Waals surface area contributed by atoms with E-state index in [4.69, 9.17) is 9.72 Å². The number of aryl methyl sites for hydroxylation is 4. The number of rotatable bonds is 6. The molecule has 5 rings (SSSR count). The van der Waals surface area contributed by atoms with Crippen molar-refractivity contribution in [2.45, 2.75) is 45.6 Å². The van der Waals surface area contributed by atoms with Crippen molar-refractivity contribution in [1.29, 1.82) is 0 Å². The second-order valence-corrected chi connectivity index (χ2v) is 8.80. The molecule has 0 aliphatic carbocycles. The van der Waals surface area contributed by atoms with Crippen LogP contribution in [0.15, 0.2) is 61.1 Å². The molecule has 0 saturated carbocycles. The average molecular weight is 427 g/mol. The van der Waals surface area contributed by atoms with E-state index in [1.165, 1.54) is 22.3 Å². The molecule has 2 aromatic heterocycles. The van der Waals surface area contributed by atoms with Gasteiger partial charge in [0, 0.05) is 31.1 Å². The maximum atomic E-state index is 5.54. The van der Waals surface area contributed by atoms with E-state index in [0.717, 1.165) is 61.4 Å². The van der Waals surface area contributed by atoms with Crippen LogP contribution in [0.4, 0.5) is 5.82 Å². The van der Waals surface area contributed by atoms with Crippen LogP contribution in [0.1, 0.15) is 35.1 Å². The van der Waals surface area contributed by atoms with Crippen molar-refractivity contribution in [3.63, 3.8) is 0 Å². The molecule has 164 valence electrons. The van der Waals surface area contributed by atoms with Crippen LogP contribution in [0.5, 0.6) is 0 Å². The van der Waals surface area contributed by atoms with Gasteiger partial charge in [-0.15, -0.1) is 0 Å². The van der Waals surface area contributed by atoms with Crippen LogP contribution in [0, 0.1) is 13.8 Å². The number of anilines is 1. The van der Waals surface area contributed by atoms with Gasteiger partial charge in [-0.05, 0) is 68.4 Å². The van der Waals surface area contributed by atoms with Gasteiger partial charge in [0.2, 0.25) is 0 Å². The number of hydrogen-bond donors (Lipinski definition) is 1. The van der Waals surface area contributed by atoms with Gasteiger partial charge in [0.25, 0.3) is 0 Å². The Labute approximate surface area is 189 Å². The summed E-state index contributed by atoms with van der Waals surface area (Å²) in [6.45, 7) is 5.86. The maximum absolute atomic E-state index is 5.54. The Hall–Kier alpha value is -3.18. The second kappa shape index (κ2) is 9.13. The summed E-state index contributed by atoms with van der Waals surface area (Å²) in [5.74, 6) is 0.937. The van der Waals surface area contributed by atoms with Gasteiger partial charge in [-0.25, -0.2) is 9.97 Å². The van der Waals surface area contributed by atoms with Gasteiger partial charge in [-0.3, -0.25) is 0 Å². The molecule has 4 aromatic rings. The van der Waals surface area contributed by atoms with Crippen molar-refractivity contribution < 1.29 is 4.74 Å². The first-order chi connectivity index (χ1) is 15.7. The zero-order chi connectivity index (χ0) is 21.9. The van der Waals surface area contributed by atoms with Crippen molar-refractivity contribution in [2.24, 2.45) is 0 Å². The summed E-state index contributed by atoms with van der Waals surface area (Å²) in [6.07, 6.45) is 7.86. The fourth-order valence-corrected chi connectivity index (χ4v) is 4.48. The minimum Gasteiger partial charge on any atom is -0.381 e. The molecule has 0 radical (unpaired) electrons. The molecule has 0 amide bonds. The SMILES string of the molecule is Cc1ccc(CCc2cn(-c3cccc(C)c3)c3ncnc(NC4CCOCC4)c23)cc1. The van der Waals surface area contributed by atoms with E-state index in [1.807, 2.05) is 0 Å². The molecular formula is C27H30N4O. The average Bonchev–Trinajstić information content (AvgIpc) is 3.19. The number of hydrogen-bond acceptors (Lipinski definition) is 4. The van der Waals surface area contributed by atoms with Crippen molar-refractivity contribution in [3.8, 4) is 5.69 Å². The van der Waals surface area contributed by atoms with E-state index >= 15 is 0 Å². The molecule has 0 bridgehead atoms. The highest BCUT2D eigenvalue weighted by molar-refractivity contribution is 5.92. The lowest BCUT2D eigenvalue weighted by Crippen LogP contribution is -2.28. The summed E-state index contributed by atoms with van der Waals surface area (Å²) in [5.41, 5.74) is 7.24. The highest BCUT2D eigenvalue weighted by atomic mass is 16.5. The molecule has 5 nitrogen and oxygen atoms in total. The minimum absolute atomic E-state index is 0.383. The van der Waals surface area contributed by atoms with Crippen LogP contribution < -0.4 is 5.32 Å². The van der Waals surface area contributed by atoms with Crippen LogP contribution in [0.2, 0.25) is 0 Å². The molecule has 1 fully saturated rings. The molecule has 1 saturated heterocycles. The van der Waals surface area contributed by atoms with Crippen molar-refractivity contribution >= 4 is 16.9 Å². The lowest BCUT2D eigenvalue weighted by molar-refractivity contribution is 0.0904. The first kappa shape index (κ1) is 20.7. The highest BCUT2D eigenvalue weighted by Crippen LogP contribution is 2.30. The Kier molecular flexibility index (Phi) is 5.91. The number of fused-ring (bicyclic) bond motifs is 1. The summed E-state index contributed by atoms with van der Waals surface area (Å²) < 4.78 is 7.75. The molecule has 5 heteroatoms. The van der Waals surface area contributed by atoms with E-state index in [-0.39, 0.29) is 0 Å². The van der Waals surface area contributed by atoms with E-state index in [1.54, 1.807) is 6.33 Å². The van der Waals surface area contributed by atoms with Gasteiger partial charge < -0.3 is 14.6 Å². The van der Waals surface area contributed by atoms with Gasteiger partial charge >= 0.3 is 0 Å². The first-order valence-electron chi connectivity index (χ1n) is 11.5. The standard InChI is InChI=1S/C27H30N4O/c1-19-6-8-21(9-7-19)10-11-22-17-31(24-5-3-4-20(2)16-24)27-25(22)26(28-18-29-27)30-23-12-14-32-15-13-23/h3-9,16-18,23H,10-15H2,1-2H3,(H,28,29,30). The Balaban J connectivity index is 1.55. The molecule has 1 aliphatic rings. The molecule has 1 aliphatic heterocycles. The van der Waals surface area contributed by atoms with E-state index in [0.29, 0.717) is 6.04 Å². The number of benzene rings is 2. The molecule has 0 unspecified atom stereocenters. The number of nitrogens with one attached hydrogen (secondary N) is 1. The van der Waals surface area contributed by atoms with Crippen LogP contribution in [-0.2, 0) is 17.6 Å². The fourth-order valence-electron chi connectivity index (χ4n) is 4.48. The summed E-state index contributed by atoms with van der Waals surface area (Å²) in [6, 6.07) is 17.8. The van der Waals surface area contributed by atoms with Crippen LogP contribution in [0.3, 0.4) is 0 Å². The normalized spacial score (nSPS) is 14.7. The third-order valence-electron chi connectivity index (χ3n) is 6.31. The quantitative estimate of drug-likeness (QED) is 0.448. The number of nitrogens with zero attached hydrogens (tertiary/aromatic N) is 3. The molecule has 1 N–H and O–H groups in total. The monoisotopic (exact) mass is 426 g/mol. The van der Waals surface area contributed by atoms with Gasteiger partial charge in [-0.1, -0.05) is 42.0 Å². The summed E-state index contributed by atoms with van der Waals surface area (Å²) in [5, 5.41) is 4.83. The Morgan fingerprint density at radius 3 is 2.56 bits per heavy atom. The smallest absolute Gasteiger partial charge is 0.150 e. The van der Waals surface area contributed by atoms with E-state index < -0.39 is 0 Å².